The highest BCUT2D eigenvalue weighted by molar-refractivity contribution is 5.79. The number of ether oxygens (including phenoxy) is 10. The Morgan fingerprint density at radius 1 is 0.517 bits per heavy atom. The van der Waals surface area contributed by atoms with Gasteiger partial charge in [0.1, 0.15) is 110 Å². The first-order valence-electron chi connectivity index (χ1n) is 31.2. The molecule has 5 saturated heterocycles. The van der Waals surface area contributed by atoms with Gasteiger partial charge in [0.2, 0.25) is 6.29 Å². The molecular formula is C60H98O27. The molecule has 10 aliphatic rings. The van der Waals surface area contributed by atoms with Crippen LogP contribution in [0.1, 0.15) is 120 Å². The smallest absolute Gasteiger partial charge is 0.315 e. The summed E-state index contributed by atoms with van der Waals surface area (Å²) in [6.07, 6.45) is -32.2. The fourth-order valence-corrected chi connectivity index (χ4v) is 17.8. The minimum absolute atomic E-state index is 0.113. The van der Waals surface area contributed by atoms with Crippen LogP contribution in [-0.2, 0) is 52.2 Å². The molecule has 500 valence electrons. The lowest BCUT2D eigenvalue weighted by Gasteiger charge is -2.71. The number of carbonyl (C=O) groups is 1. The molecule has 16 N–H and O–H groups in total. The van der Waals surface area contributed by atoms with Crippen LogP contribution >= 0.6 is 0 Å². The van der Waals surface area contributed by atoms with Gasteiger partial charge >= 0.3 is 5.97 Å². The molecule has 27 heteroatoms. The largest absolute Gasteiger partial charge is 0.432 e. The lowest BCUT2D eigenvalue weighted by atomic mass is 9.33. The van der Waals surface area contributed by atoms with Gasteiger partial charge in [-0.2, -0.15) is 0 Å². The van der Waals surface area contributed by atoms with Crippen LogP contribution < -0.4 is 0 Å². The molecule has 0 radical (unpaired) electrons. The van der Waals surface area contributed by atoms with Crippen molar-refractivity contribution >= 4 is 5.97 Å². The molecule has 5 aliphatic carbocycles. The third kappa shape index (κ3) is 11.4. The van der Waals surface area contributed by atoms with E-state index in [0.29, 0.717) is 51.4 Å². The number of aliphatic hydroxyl groups excluding tert-OH is 16. The van der Waals surface area contributed by atoms with Crippen LogP contribution in [0, 0.1) is 50.2 Å². The first-order chi connectivity index (χ1) is 40.8. The van der Waals surface area contributed by atoms with Crippen LogP contribution in [0.15, 0.2) is 11.6 Å². The van der Waals surface area contributed by atoms with Crippen LogP contribution in [0.4, 0.5) is 0 Å². The Bertz CT molecular complexity index is 2420. The maximum absolute atomic E-state index is 14.8. The Kier molecular flexibility index (Phi) is 19.7. The second-order valence-corrected chi connectivity index (χ2v) is 28.9. The fourth-order valence-electron chi connectivity index (χ4n) is 17.8. The van der Waals surface area contributed by atoms with Crippen LogP contribution in [0.25, 0.3) is 0 Å². The molecule has 5 aliphatic heterocycles. The van der Waals surface area contributed by atoms with Crippen molar-refractivity contribution in [2.45, 2.75) is 279 Å². The number of fused-ring (bicyclic) bond motifs is 7. The summed E-state index contributed by atoms with van der Waals surface area (Å²) in [6, 6.07) is 0. The average Bonchev–Trinajstić information content (AvgIpc) is 0.720. The van der Waals surface area contributed by atoms with E-state index >= 15 is 0 Å². The third-order valence-electron chi connectivity index (χ3n) is 23.6. The summed E-state index contributed by atoms with van der Waals surface area (Å²) in [5, 5.41) is 174. The van der Waals surface area contributed by atoms with Crippen molar-refractivity contribution in [1.82, 2.24) is 0 Å². The third-order valence-corrected chi connectivity index (χ3v) is 23.6. The van der Waals surface area contributed by atoms with E-state index in [2.05, 4.69) is 40.7 Å². The van der Waals surface area contributed by atoms with Crippen LogP contribution in [0.5, 0.6) is 0 Å². The van der Waals surface area contributed by atoms with Gasteiger partial charge < -0.3 is 129 Å². The van der Waals surface area contributed by atoms with Crippen molar-refractivity contribution in [3.8, 4) is 0 Å². The van der Waals surface area contributed by atoms with Gasteiger partial charge in [-0.15, -0.1) is 0 Å². The van der Waals surface area contributed by atoms with E-state index in [1.54, 1.807) is 0 Å². The molecule has 0 bridgehead atoms. The minimum Gasteiger partial charge on any atom is -0.432 e. The molecule has 10 rings (SSSR count). The molecule has 0 unspecified atom stereocenters. The van der Waals surface area contributed by atoms with E-state index in [4.69, 9.17) is 47.4 Å². The number of rotatable bonds is 14. The Balaban J connectivity index is 0.790. The van der Waals surface area contributed by atoms with Gasteiger partial charge in [-0.3, -0.25) is 4.79 Å². The number of esters is 1. The topological polar surface area (TPSA) is 433 Å². The Morgan fingerprint density at radius 3 is 1.70 bits per heavy atom. The molecule has 0 aromatic carbocycles. The zero-order chi connectivity index (χ0) is 63.6. The molecule has 0 spiro atoms. The second kappa shape index (κ2) is 25.2. The minimum atomic E-state index is -1.97. The first kappa shape index (κ1) is 68.1. The molecule has 0 aromatic heterocycles. The van der Waals surface area contributed by atoms with Crippen molar-refractivity contribution in [2.24, 2.45) is 50.2 Å². The summed E-state index contributed by atoms with van der Waals surface area (Å²) < 4.78 is 59.0. The second-order valence-electron chi connectivity index (χ2n) is 28.9. The van der Waals surface area contributed by atoms with Crippen molar-refractivity contribution in [3.63, 3.8) is 0 Å². The highest BCUT2D eigenvalue weighted by atomic mass is 16.8. The molecule has 4 saturated carbocycles. The summed E-state index contributed by atoms with van der Waals surface area (Å²) in [6.45, 7) is 13.8. The average molecular weight is 1250 g/mol. The highest BCUT2D eigenvalue weighted by Crippen LogP contribution is 2.76. The predicted octanol–water partition coefficient (Wildman–Crippen LogP) is -3.18. The highest BCUT2D eigenvalue weighted by Gasteiger charge is 2.71. The van der Waals surface area contributed by atoms with E-state index in [9.17, 15) is 86.5 Å². The van der Waals surface area contributed by atoms with Gasteiger partial charge in [-0.25, -0.2) is 0 Å². The molecule has 9 fully saturated rings. The van der Waals surface area contributed by atoms with Crippen LogP contribution in [-0.4, -0.2) is 274 Å². The van der Waals surface area contributed by atoms with Gasteiger partial charge in [0.05, 0.1) is 50.2 Å². The molecule has 34 atom stereocenters. The monoisotopic (exact) mass is 1250 g/mol. The maximum Gasteiger partial charge on any atom is 0.315 e. The van der Waals surface area contributed by atoms with Crippen LogP contribution in [0.2, 0.25) is 0 Å². The van der Waals surface area contributed by atoms with E-state index in [-0.39, 0.29) is 46.0 Å². The van der Waals surface area contributed by atoms with Crippen molar-refractivity contribution in [3.05, 3.63) is 11.6 Å². The van der Waals surface area contributed by atoms with Crippen molar-refractivity contribution in [1.29, 1.82) is 0 Å². The summed E-state index contributed by atoms with van der Waals surface area (Å²) in [5.74, 6) is -0.758. The van der Waals surface area contributed by atoms with Gasteiger partial charge in [-0.05, 0) is 117 Å². The lowest BCUT2D eigenvalue weighted by Crippen LogP contribution is -2.67. The van der Waals surface area contributed by atoms with Gasteiger partial charge in [0.15, 0.2) is 25.2 Å². The number of aliphatic hydroxyl groups is 16. The molecular weight excluding hydrogens is 1150 g/mol. The van der Waals surface area contributed by atoms with E-state index in [1.165, 1.54) is 19.4 Å². The standard InChI is InChI=1S/C60H98O27/c1-24-34(64)37(67)42(72)50(79-24)85-47-25(2)80-49(45(75)40(47)70)78-22-30-36(66)39(69)43(73)52(83-30)86-48-29(21-62)82-51(46(76)41(48)71)84-33-12-13-56(5)31(57(33,6)23-63)11-14-59(8)32(56)10-9-26-27-19-55(3,4)15-17-60(27,18-16-58(26,59)7)54(77)87-53-44(74)38(68)35(65)28(20-61)81-53/h9,24-25,27-53,61-76H,10-23H2,1-8H3/t24-,25-,27-,28+,29+,30+,31+,32+,33-,34-,35+,36-,37+,38-,39-,40-,41+,42-,43+,44+,45-,46+,47-,48+,49+,50-,51-,52-,53-,56-,57-,58+,59+,60-/m0/s1. The number of carbonyl (C=O) groups excluding carboxylic acids is 1. The fraction of sp³-hybridized carbons (Fsp3) is 0.950. The summed E-state index contributed by atoms with van der Waals surface area (Å²) >= 11 is 0. The zero-order valence-electron chi connectivity index (χ0n) is 50.9. The Morgan fingerprint density at radius 2 is 1.05 bits per heavy atom. The predicted molar refractivity (Wildman–Crippen MR) is 294 cm³/mol. The van der Waals surface area contributed by atoms with E-state index in [0.717, 1.165) is 12.8 Å². The van der Waals surface area contributed by atoms with E-state index in [1.807, 2.05) is 6.92 Å². The number of hydrogen-bond acceptors (Lipinski definition) is 27. The summed E-state index contributed by atoms with van der Waals surface area (Å²) in [5.41, 5.74) is -1.79. The SMILES string of the molecule is C[C@@H]1O[C@@H](O[C@@H]2[C@@H](O)[C@H](O)[C@H](OC[C@H]3O[C@@H](O[C@H]4[C@H](O)[C@@H](O)[C@H](O[C@H]5CC[C@@]6(C)[C@@H](CC[C@]7(C)[C@@H]6CC=C6[C@@H]8CC(C)(C)CC[C@]8(C(=O)O[C@@H]8O[C@H](CO)[C@@H](O)[C@H](O)[C@H]8O)CC[C@]67C)[C@]5(C)CO)O[C@@H]4CO)[C@H](O)[C@@H](O)[C@H]3O)O[C@H]2C)[C@@H](O)[C@H](O)[C@H]1O. The molecule has 0 amide bonds. The van der Waals surface area contributed by atoms with E-state index < -0.39 is 196 Å². The van der Waals surface area contributed by atoms with Crippen molar-refractivity contribution in [2.75, 3.05) is 26.4 Å². The lowest BCUT2D eigenvalue weighted by molar-refractivity contribution is -0.375. The molecule has 5 heterocycles. The van der Waals surface area contributed by atoms with Gasteiger partial charge in [0, 0.05) is 5.41 Å². The normalized spacial score (nSPS) is 55.1. The molecule has 27 nitrogen and oxygen atoms in total. The molecule has 0 aromatic rings. The van der Waals surface area contributed by atoms with Crippen LogP contribution in [0.3, 0.4) is 0 Å². The quantitative estimate of drug-likeness (QED) is 0.0463. The maximum atomic E-state index is 14.8. The van der Waals surface area contributed by atoms with Crippen molar-refractivity contribution < 1.29 is 134 Å². The Labute approximate surface area is 506 Å². The first-order valence-corrected chi connectivity index (χ1v) is 31.2. The number of allylic oxidation sites excluding steroid dienone is 2. The summed E-state index contributed by atoms with van der Waals surface area (Å²) in [7, 11) is 0. The van der Waals surface area contributed by atoms with Gasteiger partial charge in [-0.1, -0.05) is 53.2 Å². The molecule has 87 heavy (non-hydrogen) atoms. The van der Waals surface area contributed by atoms with Gasteiger partial charge in [0.25, 0.3) is 0 Å². The number of hydrogen-bond donors (Lipinski definition) is 16. The zero-order valence-corrected chi connectivity index (χ0v) is 50.9. The summed E-state index contributed by atoms with van der Waals surface area (Å²) in [4.78, 5) is 14.8. The Hall–Kier alpha value is -1.79.